The molecule has 0 aliphatic rings. The maximum Gasteiger partial charge on any atom is 0.270 e. The zero-order chi connectivity index (χ0) is 17.0. The largest absolute Gasteiger partial charge is 0.336 e. The van der Waals surface area contributed by atoms with Crippen molar-refractivity contribution in [2.24, 2.45) is 0 Å². The molecule has 2 rings (SSSR count). The number of nitrogens with zero attached hydrogens (tertiary/aromatic N) is 3. The van der Waals surface area contributed by atoms with Crippen LogP contribution in [0.3, 0.4) is 0 Å². The SMILES string of the molecule is O=C(c1cc(Cl)nc2ccc([N+](=O)[O-])cc12)N(CCCl)CCCl. The average Bonchev–Trinajstić information content (AvgIpc) is 2.52. The molecular formula is C14H12Cl3N3O3. The summed E-state index contributed by atoms with van der Waals surface area (Å²) in [5.41, 5.74) is 0.513. The van der Waals surface area contributed by atoms with Gasteiger partial charge in [0.25, 0.3) is 11.6 Å². The number of amides is 1. The predicted octanol–water partition coefficient (Wildman–Crippen LogP) is 3.72. The second kappa shape index (κ2) is 7.77. The fourth-order valence-electron chi connectivity index (χ4n) is 2.16. The first kappa shape index (κ1) is 17.7. The summed E-state index contributed by atoms with van der Waals surface area (Å²) in [6, 6.07) is 5.48. The van der Waals surface area contributed by atoms with Gasteiger partial charge in [0, 0.05) is 42.4 Å². The minimum atomic E-state index is -0.530. The Labute approximate surface area is 147 Å². The van der Waals surface area contributed by atoms with Crippen LogP contribution in [0.2, 0.25) is 5.15 Å². The summed E-state index contributed by atoms with van der Waals surface area (Å²) in [7, 11) is 0. The summed E-state index contributed by atoms with van der Waals surface area (Å²) in [4.78, 5) is 28.7. The van der Waals surface area contributed by atoms with Crippen LogP contribution >= 0.6 is 34.8 Å². The van der Waals surface area contributed by atoms with Crippen molar-refractivity contribution in [3.63, 3.8) is 0 Å². The number of halogens is 3. The van der Waals surface area contributed by atoms with E-state index < -0.39 is 4.92 Å². The number of non-ortho nitro benzene ring substituents is 1. The standard InChI is InChI=1S/C14H12Cl3N3O3/c15-3-5-19(6-4-16)14(21)11-8-13(17)18-12-2-1-9(20(22)23)7-10(11)12/h1-2,7-8H,3-6H2. The summed E-state index contributed by atoms with van der Waals surface area (Å²) in [6.45, 7) is 0.618. The minimum absolute atomic E-state index is 0.128. The fourth-order valence-corrected chi connectivity index (χ4v) is 2.77. The average molecular weight is 377 g/mol. The maximum atomic E-state index is 12.7. The molecule has 9 heteroatoms. The third kappa shape index (κ3) is 4.02. The van der Waals surface area contributed by atoms with Crippen molar-refractivity contribution in [2.45, 2.75) is 0 Å². The molecule has 23 heavy (non-hydrogen) atoms. The summed E-state index contributed by atoms with van der Waals surface area (Å²) < 4.78 is 0. The minimum Gasteiger partial charge on any atom is -0.336 e. The molecule has 0 atom stereocenters. The van der Waals surface area contributed by atoms with E-state index in [4.69, 9.17) is 34.8 Å². The van der Waals surface area contributed by atoms with Gasteiger partial charge in [-0.05, 0) is 12.1 Å². The summed E-state index contributed by atoms with van der Waals surface area (Å²) in [5.74, 6) is 0.153. The third-order valence-corrected chi connectivity index (χ3v) is 3.73. The van der Waals surface area contributed by atoms with E-state index in [9.17, 15) is 14.9 Å². The van der Waals surface area contributed by atoms with Gasteiger partial charge in [0.15, 0.2) is 0 Å². The number of benzene rings is 1. The van der Waals surface area contributed by atoms with E-state index in [-0.39, 0.29) is 34.1 Å². The molecule has 0 fully saturated rings. The van der Waals surface area contributed by atoms with Gasteiger partial charge >= 0.3 is 0 Å². The number of pyridine rings is 1. The van der Waals surface area contributed by atoms with Gasteiger partial charge in [-0.1, -0.05) is 11.6 Å². The molecule has 0 N–H and O–H groups in total. The van der Waals surface area contributed by atoms with Crippen molar-refractivity contribution in [2.75, 3.05) is 24.8 Å². The maximum absolute atomic E-state index is 12.7. The smallest absolute Gasteiger partial charge is 0.270 e. The monoisotopic (exact) mass is 375 g/mol. The number of aromatic nitrogens is 1. The van der Waals surface area contributed by atoms with Crippen LogP contribution in [0.15, 0.2) is 24.3 Å². The number of fused-ring (bicyclic) bond motifs is 1. The highest BCUT2D eigenvalue weighted by Crippen LogP contribution is 2.26. The fraction of sp³-hybridized carbons (Fsp3) is 0.286. The summed E-state index contributed by atoms with van der Waals surface area (Å²) in [6.07, 6.45) is 0. The second-order valence-corrected chi connectivity index (χ2v) is 5.76. The van der Waals surface area contributed by atoms with Crippen molar-refractivity contribution in [1.29, 1.82) is 0 Å². The predicted molar refractivity (Wildman–Crippen MR) is 90.8 cm³/mol. The Morgan fingerprint density at radius 1 is 1.22 bits per heavy atom. The number of hydrogen-bond acceptors (Lipinski definition) is 4. The van der Waals surface area contributed by atoms with Gasteiger partial charge in [-0.15, -0.1) is 23.2 Å². The zero-order valence-electron chi connectivity index (χ0n) is 11.8. The van der Waals surface area contributed by atoms with Crippen molar-refractivity contribution in [3.8, 4) is 0 Å². The molecule has 1 heterocycles. The van der Waals surface area contributed by atoms with Crippen LogP contribution < -0.4 is 0 Å². The van der Waals surface area contributed by atoms with E-state index in [1.807, 2.05) is 0 Å². The zero-order valence-corrected chi connectivity index (χ0v) is 14.1. The lowest BCUT2D eigenvalue weighted by molar-refractivity contribution is -0.384. The van der Waals surface area contributed by atoms with E-state index in [1.54, 1.807) is 0 Å². The number of rotatable bonds is 6. The number of carbonyl (C=O) groups excluding carboxylic acids is 1. The van der Waals surface area contributed by atoms with E-state index >= 15 is 0 Å². The Morgan fingerprint density at radius 3 is 2.43 bits per heavy atom. The highest BCUT2D eigenvalue weighted by molar-refractivity contribution is 6.30. The highest BCUT2D eigenvalue weighted by Gasteiger charge is 2.20. The van der Waals surface area contributed by atoms with Gasteiger partial charge in [-0.2, -0.15) is 0 Å². The quantitative estimate of drug-likeness (QED) is 0.333. The Balaban J connectivity index is 2.58. The third-order valence-electron chi connectivity index (χ3n) is 3.20. The van der Waals surface area contributed by atoms with Crippen molar-refractivity contribution in [3.05, 3.63) is 45.1 Å². The lowest BCUT2D eigenvalue weighted by Crippen LogP contribution is -2.34. The summed E-state index contributed by atoms with van der Waals surface area (Å²) >= 11 is 17.4. The highest BCUT2D eigenvalue weighted by atomic mass is 35.5. The van der Waals surface area contributed by atoms with Gasteiger partial charge in [-0.25, -0.2) is 4.98 Å². The van der Waals surface area contributed by atoms with E-state index in [0.29, 0.717) is 24.0 Å². The van der Waals surface area contributed by atoms with Crippen molar-refractivity contribution in [1.82, 2.24) is 9.88 Å². The van der Waals surface area contributed by atoms with Gasteiger partial charge in [-0.3, -0.25) is 14.9 Å². The molecule has 2 aromatic rings. The molecule has 0 radical (unpaired) electrons. The van der Waals surface area contributed by atoms with Gasteiger partial charge in [0.2, 0.25) is 0 Å². The van der Waals surface area contributed by atoms with Gasteiger partial charge in [0.1, 0.15) is 5.15 Å². The molecule has 0 spiro atoms. The van der Waals surface area contributed by atoms with Crippen LogP contribution in [0.4, 0.5) is 5.69 Å². The molecule has 0 aliphatic heterocycles. The van der Waals surface area contributed by atoms with Crippen molar-refractivity contribution >= 4 is 57.3 Å². The molecule has 0 aliphatic carbocycles. The Bertz CT molecular complexity index is 749. The van der Waals surface area contributed by atoms with Crippen LogP contribution in [0.25, 0.3) is 10.9 Å². The number of alkyl halides is 2. The number of nitro groups is 1. The molecular weight excluding hydrogens is 365 g/mol. The second-order valence-electron chi connectivity index (χ2n) is 4.62. The Morgan fingerprint density at radius 2 is 1.87 bits per heavy atom. The summed E-state index contributed by atoms with van der Waals surface area (Å²) in [5, 5.41) is 11.5. The molecule has 0 saturated carbocycles. The normalized spacial score (nSPS) is 10.7. The lowest BCUT2D eigenvalue weighted by Gasteiger charge is -2.21. The number of hydrogen-bond donors (Lipinski definition) is 0. The molecule has 122 valence electrons. The van der Waals surface area contributed by atoms with Crippen LogP contribution in [0, 0.1) is 10.1 Å². The number of carbonyl (C=O) groups is 1. The van der Waals surface area contributed by atoms with E-state index in [2.05, 4.69) is 4.98 Å². The Kier molecular flexibility index (Phi) is 5.98. The van der Waals surface area contributed by atoms with Gasteiger partial charge in [0.05, 0.1) is 16.0 Å². The first-order valence-electron chi connectivity index (χ1n) is 6.64. The topological polar surface area (TPSA) is 76.3 Å². The van der Waals surface area contributed by atoms with E-state index in [1.165, 1.54) is 29.2 Å². The van der Waals surface area contributed by atoms with Crippen LogP contribution in [0.1, 0.15) is 10.4 Å². The van der Waals surface area contributed by atoms with E-state index in [0.717, 1.165) is 0 Å². The molecule has 0 saturated heterocycles. The first-order valence-corrected chi connectivity index (χ1v) is 8.08. The molecule has 0 unspecified atom stereocenters. The number of nitro benzene ring substituents is 1. The molecule has 6 nitrogen and oxygen atoms in total. The molecule has 0 bridgehead atoms. The van der Waals surface area contributed by atoms with Crippen LogP contribution in [-0.4, -0.2) is 45.6 Å². The lowest BCUT2D eigenvalue weighted by atomic mass is 10.1. The van der Waals surface area contributed by atoms with Gasteiger partial charge < -0.3 is 4.90 Å². The van der Waals surface area contributed by atoms with Crippen LogP contribution in [0.5, 0.6) is 0 Å². The molecule has 1 aromatic carbocycles. The molecule has 1 amide bonds. The molecule has 1 aromatic heterocycles. The first-order chi connectivity index (χ1) is 11.0. The van der Waals surface area contributed by atoms with Crippen molar-refractivity contribution < 1.29 is 9.72 Å². The van der Waals surface area contributed by atoms with Crippen LogP contribution in [-0.2, 0) is 0 Å². The Hall–Kier alpha value is -1.63.